The summed E-state index contributed by atoms with van der Waals surface area (Å²) in [5.74, 6) is -0.651. The van der Waals surface area contributed by atoms with Gasteiger partial charge in [0, 0.05) is 24.9 Å². The summed E-state index contributed by atoms with van der Waals surface area (Å²) < 4.78 is 33.4. The first kappa shape index (κ1) is 23.1. The fourth-order valence-corrected chi connectivity index (χ4v) is 6.70. The minimum Gasteiger partial charge on any atom is -0.466 e. The van der Waals surface area contributed by atoms with Crippen LogP contribution in [0.1, 0.15) is 26.2 Å². The highest BCUT2D eigenvalue weighted by molar-refractivity contribution is 7.89. The van der Waals surface area contributed by atoms with Crippen molar-refractivity contribution in [3.63, 3.8) is 0 Å². The second-order valence-corrected chi connectivity index (χ2v) is 11.0. The molecule has 0 bridgehead atoms. The number of benzene rings is 2. The van der Waals surface area contributed by atoms with Gasteiger partial charge in [0.25, 0.3) is 0 Å². The minimum atomic E-state index is -3.86. The molecule has 2 aliphatic heterocycles. The van der Waals surface area contributed by atoms with E-state index in [1.165, 1.54) is 4.31 Å². The number of piperidine rings is 1. The number of ether oxygens (including phenoxy) is 1. The van der Waals surface area contributed by atoms with Crippen LogP contribution >= 0.6 is 12.6 Å². The smallest absolute Gasteiger partial charge is 0.309 e. The highest BCUT2D eigenvalue weighted by atomic mass is 32.2. The number of hydrogen-bond acceptors (Lipinski definition) is 6. The summed E-state index contributed by atoms with van der Waals surface area (Å²) in [6, 6.07) is 11.8. The summed E-state index contributed by atoms with van der Waals surface area (Å²) in [6.45, 7) is 3.13. The Morgan fingerprint density at radius 2 is 1.78 bits per heavy atom. The Morgan fingerprint density at radius 3 is 2.47 bits per heavy atom. The van der Waals surface area contributed by atoms with Gasteiger partial charge in [-0.1, -0.05) is 30.3 Å². The largest absolute Gasteiger partial charge is 0.466 e. The van der Waals surface area contributed by atoms with Gasteiger partial charge in [-0.15, -0.1) is 0 Å². The lowest BCUT2D eigenvalue weighted by Gasteiger charge is -2.34. The Bertz CT molecular complexity index is 1110. The van der Waals surface area contributed by atoms with Crippen molar-refractivity contribution in [3.05, 3.63) is 42.5 Å². The molecule has 172 valence electrons. The van der Waals surface area contributed by atoms with Crippen molar-refractivity contribution >= 4 is 45.3 Å². The van der Waals surface area contributed by atoms with Crippen LogP contribution in [0.3, 0.4) is 0 Å². The lowest BCUT2D eigenvalue weighted by molar-refractivity contribution is -0.151. The van der Waals surface area contributed by atoms with Crippen LogP contribution in [-0.4, -0.2) is 67.0 Å². The molecule has 2 heterocycles. The molecule has 9 heteroatoms. The number of fused-ring (bicyclic) bond motifs is 1. The number of carbonyl (C=O) groups is 2. The number of amides is 1. The number of thiol groups is 1. The normalized spacial score (nSPS) is 22.9. The molecule has 2 fully saturated rings. The van der Waals surface area contributed by atoms with E-state index < -0.39 is 16.1 Å². The van der Waals surface area contributed by atoms with Crippen molar-refractivity contribution in [3.8, 4) is 0 Å². The molecule has 4 rings (SSSR count). The van der Waals surface area contributed by atoms with E-state index in [0.717, 1.165) is 10.8 Å². The van der Waals surface area contributed by atoms with Gasteiger partial charge in [-0.2, -0.15) is 16.9 Å². The highest BCUT2D eigenvalue weighted by Crippen LogP contribution is 2.32. The molecule has 2 saturated heterocycles. The summed E-state index contributed by atoms with van der Waals surface area (Å²) in [6.07, 6.45) is 1.42. The molecular formula is C23H28N2O5S2. The van der Waals surface area contributed by atoms with Gasteiger partial charge in [-0.05, 0) is 49.1 Å². The lowest BCUT2D eigenvalue weighted by Crippen LogP contribution is -2.50. The van der Waals surface area contributed by atoms with Crippen LogP contribution in [0.4, 0.5) is 0 Å². The number of carbonyl (C=O) groups excluding carboxylic acids is 2. The highest BCUT2D eigenvalue weighted by Gasteiger charge is 2.45. The van der Waals surface area contributed by atoms with E-state index in [9.17, 15) is 18.0 Å². The third-order valence-electron chi connectivity index (χ3n) is 6.27. The molecule has 0 N–H and O–H groups in total. The van der Waals surface area contributed by atoms with Crippen molar-refractivity contribution in [1.82, 2.24) is 9.21 Å². The third-order valence-corrected chi connectivity index (χ3v) is 8.52. The maximum Gasteiger partial charge on any atom is 0.309 e. The maximum absolute atomic E-state index is 13.5. The fraction of sp³-hybridized carbons (Fsp3) is 0.478. The van der Waals surface area contributed by atoms with Crippen LogP contribution in [0.2, 0.25) is 0 Å². The SMILES string of the molecule is CCOC(=O)C1CCN(C(=O)[C@@H]2C[C@@H](S)CN2S(=O)(=O)c2ccc3ccccc3c2)CC1. The zero-order valence-electron chi connectivity index (χ0n) is 18.0. The van der Waals surface area contributed by atoms with Gasteiger partial charge in [0.1, 0.15) is 6.04 Å². The summed E-state index contributed by atoms with van der Waals surface area (Å²) in [4.78, 5) is 27.2. The molecule has 0 spiro atoms. The molecule has 1 amide bonds. The second kappa shape index (κ2) is 9.41. The molecular weight excluding hydrogens is 448 g/mol. The monoisotopic (exact) mass is 476 g/mol. The van der Waals surface area contributed by atoms with Gasteiger partial charge in [0.15, 0.2) is 0 Å². The Kier molecular flexibility index (Phi) is 6.78. The van der Waals surface area contributed by atoms with E-state index >= 15 is 0 Å². The number of nitrogens with zero attached hydrogens (tertiary/aromatic N) is 2. The zero-order valence-corrected chi connectivity index (χ0v) is 19.7. The number of hydrogen-bond donors (Lipinski definition) is 1. The van der Waals surface area contributed by atoms with Gasteiger partial charge in [0.05, 0.1) is 17.4 Å². The summed E-state index contributed by atoms with van der Waals surface area (Å²) >= 11 is 4.50. The second-order valence-electron chi connectivity index (χ2n) is 8.34. The molecule has 0 aliphatic carbocycles. The van der Waals surface area contributed by atoms with Gasteiger partial charge in [-0.25, -0.2) is 8.42 Å². The Hall–Kier alpha value is -2.10. The van der Waals surface area contributed by atoms with Crippen LogP contribution in [-0.2, 0) is 24.3 Å². The Balaban J connectivity index is 1.52. The summed E-state index contributed by atoms with van der Waals surface area (Å²) in [5.41, 5.74) is 0. The van der Waals surface area contributed by atoms with E-state index in [1.54, 1.807) is 30.0 Å². The molecule has 0 saturated carbocycles. The standard InChI is InChI=1S/C23H28N2O5S2/c1-2-30-23(27)17-9-11-24(12-10-17)22(26)21-14-19(31)15-25(21)32(28,29)20-8-7-16-5-3-4-6-18(16)13-20/h3-8,13,17,19,21,31H,2,9-12,14-15H2,1H3/t19-,21+/m1/s1. The first-order valence-corrected chi connectivity index (χ1v) is 12.9. The molecule has 0 unspecified atom stereocenters. The molecule has 7 nitrogen and oxygen atoms in total. The molecule has 32 heavy (non-hydrogen) atoms. The first-order chi connectivity index (χ1) is 15.3. The van der Waals surface area contributed by atoms with Crippen molar-refractivity contribution in [2.45, 2.75) is 42.4 Å². The van der Waals surface area contributed by atoms with Crippen LogP contribution < -0.4 is 0 Å². The number of rotatable bonds is 5. The average molecular weight is 477 g/mol. The van der Waals surface area contributed by atoms with Crippen LogP contribution in [0.5, 0.6) is 0 Å². The summed E-state index contributed by atoms with van der Waals surface area (Å²) in [7, 11) is -3.86. The lowest BCUT2D eigenvalue weighted by atomic mass is 9.96. The Labute approximate surface area is 194 Å². The van der Waals surface area contributed by atoms with E-state index in [-0.39, 0.29) is 34.5 Å². The van der Waals surface area contributed by atoms with E-state index in [4.69, 9.17) is 4.74 Å². The Morgan fingerprint density at radius 1 is 1.09 bits per heavy atom. The van der Waals surface area contributed by atoms with Gasteiger partial charge in [-0.3, -0.25) is 9.59 Å². The third kappa shape index (κ3) is 4.51. The average Bonchev–Trinajstić information content (AvgIpc) is 3.21. The predicted octanol–water partition coefficient (Wildman–Crippen LogP) is 2.70. The minimum absolute atomic E-state index is 0.178. The number of likely N-dealkylation sites (tertiary alicyclic amines) is 1. The molecule has 2 aliphatic rings. The molecule has 0 radical (unpaired) electrons. The van der Waals surface area contributed by atoms with E-state index in [0.29, 0.717) is 39.0 Å². The van der Waals surface area contributed by atoms with Crippen molar-refractivity contribution in [1.29, 1.82) is 0 Å². The van der Waals surface area contributed by atoms with Crippen LogP contribution in [0, 0.1) is 5.92 Å². The maximum atomic E-state index is 13.5. The van der Waals surface area contributed by atoms with Gasteiger partial charge < -0.3 is 9.64 Å². The van der Waals surface area contributed by atoms with Crippen molar-refractivity contribution in [2.24, 2.45) is 5.92 Å². The molecule has 2 aromatic carbocycles. The van der Waals surface area contributed by atoms with Crippen molar-refractivity contribution in [2.75, 3.05) is 26.2 Å². The van der Waals surface area contributed by atoms with Crippen LogP contribution in [0.15, 0.2) is 47.4 Å². The molecule has 2 atom stereocenters. The number of esters is 1. The van der Waals surface area contributed by atoms with Crippen molar-refractivity contribution < 1.29 is 22.7 Å². The van der Waals surface area contributed by atoms with E-state index in [1.807, 2.05) is 24.3 Å². The predicted molar refractivity (Wildman–Crippen MR) is 125 cm³/mol. The van der Waals surface area contributed by atoms with Crippen LogP contribution in [0.25, 0.3) is 10.8 Å². The fourth-order valence-electron chi connectivity index (χ4n) is 4.54. The molecule has 0 aromatic heterocycles. The number of sulfonamides is 1. The topological polar surface area (TPSA) is 84.0 Å². The quantitative estimate of drug-likeness (QED) is 0.530. The molecule has 2 aromatic rings. The first-order valence-electron chi connectivity index (χ1n) is 11.0. The van der Waals surface area contributed by atoms with E-state index in [2.05, 4.69) is 12.6 Å². The zero-order chi connectivity index (χ0) is 22.9. The summed E-state index contributed by atoms with van der Waals surface area (Å²) in [5, 5.41) is 1.58. The van der Waals surface area contributed by atoms with Gasteiger partial charge in [0.2, 0.25) is 15.9 Å². The van der Waals surface area contributed by atoms with Gasteiger partial charge >= 0.3 is 5.97 Å².